The second-order valence-electron chi connectivity index (χ2n) is 5.26. The summed E-state index contributed by atoms with van der Waals surface area (Å²) in [5.41, 5.74) is 8.64. The number of nitrogens with zero attached hydrogens (tertiary/aromatic N) is 3. The lowest BCUT2D eigenvalue weighted by Gasteiger charge is -2.09. The molecule has 0 fully saturated rings. The summed E-state index contributed by atoms with van der Waals surface area (Å²) in [5.74, 6) is 1.61. The monoisotopic (exact) mass is 308 g/mol. The predicted octanol–water partition coefficient (Wildman–Crippen LogP) is 3.47. The molecule has 0 unspecified atom stereocenters. The Bertz CT molecular complexity index is 750. The van der Waals surface area contributed by atoms with Crippen molar-refractivity contribution in [3.63, 3.8) is 0 Å². The van der Waals surface area contributed by atoms with Crippen LogP contribution in [0.3, 0.4) is 0 Å². The molecular weight excluding hydrogens is 288 g/mol. The van der Waals surface area contributed by atoms with Crippen molar-refractivity contribution < 1.29 is 4.74 Å². The van der Waals surface area contributed by atoms with Crippen molar-refractivity contribution >= 4 is 0 Å². The van der Waals surface area contributed by atoms with Crippen LogP contribution in [-0.2, 0) is 13.0 Å². The fourth-order valence-electron chi connectivity index (χ4n) is 2.47. The molecule has 3 aromatic rings. The van der Waals surface area contributed by atoms with Crippen molar-refractivity contribution in [1.82, 2.24) is 15.0 Å². The Hall–Kier alpha value is -2.66. The smallest absolute Gasteiger partial charge is 0.127 e. The Balaban J connectivity index is 1.83. The van der Waals surface area contributed by atoms with E-state index < -0.39 is 0 Å². The van der Waals surface area contributed by atoms with E-state index in [4.69, 9.17) is 10.5 Å². The highest BCUT2D eigenvalue weighted by molar-refractivity contribution is 5.40. The first-order chi connectivity index (χ1) is 11.3. The van der Waals surface area contributed by atoms with E-state index in [9.17, 15) is 0 Å². The summed E-state index contributed by atoms with van der Waals surface area (Å²) in [4.78, 5) is 0. The number of hydrogen-bond donors (Lipinski definition) is 1. The van der Waals surface area contributed by atoms with Gasteiger partial charge >= 0.3 is 0 Å². The largest absolute Gasteiger partial charge is 0.457 e. The van der Waals surface area contributed by atoms with E-state index in [1.54, 1.807) is 0 Å². The molecule has 5 heteroatoms. The van der Waals surface area contributed by atoms with Gasteiger partial charge in [-0.2, -0.15) is 0 Å². The zero-order valence-corrected chi connectivity index (χ0v) is 13.1. The average Bonchev–Trinajstić information content (AvgIpc) is 3.00. The molecule has 23 heavy (non-hydrogen) atoms. The van der Waals surface area contributed by atoms with Crippen LogP contribution < -0.4 is 10.5 Å². The Morgan fingerprint density at radius 3 is 2.35 bits per heavy atom. The van der Waals surface area contributed by atoms with Crippen molar-refractivity contribution in [2.75, 3.05) is 0 Å². The number of ether oxygens (including phenoxy) is 1. The zero-order chi connectivity index (χ0) is 16.1. The molecule has 0 aliphatic rings. The number of hydrogen-bond acceptors (Lipinski definition) is 4. The molecule has 2 N–H and O–H groups in total. The van der Waals surface area contributed by atoms with E-state index in [0.29, 0.717) is 6.54 Å². The lowest BCUT2D eigenvalue weighted by atomic mass is 10.2. The minimum absolute atomic E-state index is 0.407. The molecule has 0 aliphatic heterocycles. The van der Waals surface area contributed by atoms with Crippen molar-refractivity contribution in [3.8, 4) is 17.2 Å². The normalized spacial score (nSPS) is 10.7. The maximum Gasteiger partial charge on any atom is 0.127 e. The molecule has 3 rings (SSSR count). The van der Waals surface area contributed by atoms with Gasteiger partial charge in [0.05, 0.1) is 17.1 Å². The minimum Gasteiger partial charge on any atom is -0.457 e. The maximum atomic E-state index is 5.81. The second kappa shape index (κ2) is 7.07. The first-order valence-corrected chi connectivity index (χ1v) is 7.78. The van der Waals surface area contributed by atoms with Crippen LogP contribution >= 0.6 is 0 Å². The van der Waals surface area contributed by atoms with Crippen molar-refractivity contribution in [2.24, 2.45) is 5.73 Å². The molecule has 1 heterocycles. The molecule has 5 nitrogen and oxygen atoms in total. The summed E-state index contributed by atoms with van der Waals surface area (Å²) in [6.45, 7) is 2.54. The maximum absolute atomic E-state index is 5.81. The van der Waals surface area contributed by atoms with Crippen LogP contribution in [0.4, 0.5) is 0 Å². The van der Waals surface area contributed by atoms with Gasteiger partial charge in [-0.3, -0.25) is 0 Å². The molecule has 0 amide bonds. The quantitative estimate of drug-likeness (QED) is 0.757. The molecule has 1 aromatic heterocycles. The Morgan fingerprint density at radius 1 is 1.00 bits per heavy atom. The Labute approximate surface area is 135 Å². The summed E-state index contributed by atoms with van der Waals surface area (Å²) in [6.07, 6.45) is 1.93. The first-order valence-electron chi connectivity index (χ1n) is 7.78. The summed E-state index contributed by atoms with van der Waals surface area (Å²) in [6, 6.07) is 17.5. The highest BCUT2D eigenvalue weighted by Crippen LogP contribution is 2.23. The molecule has 0 aliphatic carbocycles. The molecule has 2 aromatic carbocycles. The third-order valence-corrected chi connectivity index (χ3v) is 3.58. The van der Waals surface area contributed by atoms with Gasteiger partial charge in [0, 0.05) is 6.54 Å². The lowest BCUT2D eigenvalue weighted by molar-refractivity contribution is 0.482. The van der Waals surface area contributed by atoms with Crippen LogP contribution in [-0.4, -0.2) is 15.0 Å². The van der Waals surface area contributed by atoms with Gasteiger partial charge in [0.15, 0.2) is 0 Å². The van der Waals surface area contributed by atoms with E-state index in [0.717, 1.165) is 41.4 Å². The fraction of sp³-hybridized carbons (Fsp3) is 0.222. The molecule has 0 atom stereocenters. The second-order valence-corrected chi connectivity index (χ2v) is 5.26. The van der Waals surface area contributed by atoms with Crippen LogP contribution in [0.25, 0.3) is 5.69 Å². The third kappa shape index (κ3) is 3.40. The highest BCUT2D eigenvalue weighted by Gasteiger charge is 2.12. The summed E-state index contributed by atoms with van der Waals surface area (Å²) in [7, 11) is 0. The van der Waals surface area contributed by atoms with Gasteiger partial charge in [-0.15, -0.1) is 5.10 Å². The SMILES string of the molecule is CCCc1c(CN)nnn1-c1ccc(Oc2ccccc2)cc1. The molecule has 118 valence electrons. The van der Waals surface area contributed by atoms with Gasteiger partial charge in [0.1, 0.15) is 11.5 Å². The first kappa shape index (κ1) is 15.2. The number of aromatic nitrogens is 3. The van der Waals surface area contributed by atoms with Gasteiger partial charge in [0.2, 0.25) is 0 Å². The summed E-state index contributed by atoms with van der Waals surface area (Å²) in [5, 5.41) is 8.41. The van der Waals surface area contributed by atoms with Gasteiger partial charge < -0.3 is 10.5 Å². The third-order valence-electron chi connectivity index (χ3n) is 3.58. The van der Waals surface area contributed by atoms with Gasteiger partial charge in [0.25, 0.3) is 0 Å². The van der Waals surface area contributed by atoms with E-state index in [-0.39, 0.29) is 0 Å². The summed E-state index contributed by atoms with van der Waals surface area (Å²) >= 11 is 0. The number of nitrogens with two attached hydrogens (primary N) is 1. The number of rotatable bonds is 6. The van der Waals surface area contributed by atoms with E-state index in [1.165, 1.54) is 0 Å². The molecular formula is C18H20N4O. The van der Waals surface area contributed by atoms with Crippen LogP contribution in [0.2, 0.25) is 0 Å². The Kier molecular flexibility index (Phi) is 4.68. The zero-order valence-electron chi connectivity index (χ0n) is 13.1. The van der Waals surface area contributed by atoms with E-state index in [2.05, 4.69) is 17.2 Å². The van der Waals surface area contributed by atoms with Gasteiger partial charge in [-0.05, 0) is 42.8 Å². The van der Waals surface area contributed by atoms with E-state index >= 15 is 0 Å². The molecule has 0 saturated heterocycles. The predicted molar refractivity (Wildman–Crippen MR) is 89.8 cm³/mol. The minimum atomic E-state index is 0.407. The van der Waals surface area contributed by atoms with Crippen LogP contribution in [0.5, 0.6) is 11.5 Å². The van der Waals surface area contributed by atoms with Crippen LogP contribution in [0.1, 0.15) is 24.7 Å². The fourth-order valence-corrected chi connectivity index (χ4v) is 2.47. The van der Waals surface area contributed by atoms with Crippen LogP contribution in [0.15, 0.2) is 54.6 Å². The Morgan fingerprint density at radius 2 is 1.70 bits per heavy atom. The molecule has 0 spiro atoms. The summed E-state index contributed by atoms with van der Waals surface area (Å²) < 4.78 is 7.67. The van der Waals surface area contributed by atoms with Gasteiger partial charge in [-0.1, -0.05) is 36.8 Å². The number of benzene rings is 2. The molecule has 0 bridgehead atoms. The van der Waals surface area contributed by atoms with Crippen molar-refractivity contribution in [3.05, 3.63) is 66.0 Å². The van der Waals surface area contributed by atoms with Gasteiger partial charge in [-0.25, -0.2) is 4.68 Å². The van der Waals surface area contributed by atoms with Crippen molar-refractivity contribution in [1.29, 1.82) is 0 Å². The highest BCUT2D eigenvalue weighted by atomic mass is 16.5. The van der Waals surface area contributed by atoms with Crippen LogP contribution in [0, 0.1) is 0 Å². The lowest BCUT2D eigenvalue weighted by Crippen LogP contribution is -2.06. The standard InChI is InChI=1S/C18H20N4O/c1-2-6-18-17(13-19)20-21-22(18)14-9-11-16(12-10-14)23-15-7-4-3-5-8-15/h3-5,7-12H,2,6,13,19H2,1H3. The van der Waals surface area contributed by atoms with Crippen molar-refractivity contribution in [2.45, 2.75) is 26.3 Å². The number of para-hydroxylation sites is 1. The molecule has 0 radical (unpaired) electrons. The molecule has 0 saturated carbocycles. The topological polar surface area (TPSA) is 66.0 Å². The van der Waals surface area contributed by atoms with E-state index in [1.807, 2.05) is 59.3 Å². The average molecular weight is 308 g/mol.